The summed E-state index contributed by atoms with van der Waals surface area (Å²) in [7, 11) is 0. The second-order valence-corrected chi connectivity index (χ2v) is 2.95. The monoisotopic (exact) mass is 257 g/mol. The van der Waals surface area contributed by atoms with Crippen molar-refractivity contribution in [3.63, 3.8) is 0 Å². The molecule has 18 heavy (non-hydrogen) atoms. The fourth-order valence-electron chi connectivity index (χ4n) is 1.10. The molecule has 0 radical (unpaired) electrons. The van der Waals surface area contributed by atoms with E-state index in [1.165, 1.54) is 6.07 Å². The highest BCUT2D eigenvalue weighted by atomic mass is 19.2. The molecule has 0 aliphatic heterocycles. The molecule has 1 aromatic rings. The predicted octanol–water partition coefficient (Wildman–Crippen LogP) is 2.21. The van der Waals surface area contributed by atoms with E-state index < -0.39 is 46.8 Å². The van der Waals surface area contributed by atoms with Crippen LogP contribution in [0.5, 0.6) is 0 Å². The first-order valence-corrected chi connectivity index (χ1v) is 4.36. The second-order valence-electron chi connectivity index (χ2n) is 2.95. The van der Waals surface area contributed by atoms with Gasteiger partial charge in [0.15, 0.2) is 23.3 Å². The molecule has 7 heteroatoms. The molecule has 0 unspecified atom stereocenters. The quantitative estimate of drug-likeness (QED) is 0.476. The van der Waals surface area contributed by atoms with Gasteiger partial charge in [0, 0.05) is 0 Å². The molecule has 0 saturated heterocycles. The fourth-order valence-corrected chi connectivity index (χ4v) is 1.10. The molecule has 0 spiro atoms. The van der Waals surface area contributed by atoms with Crippen LogP contribution in [0.2, 0.25) is 0 Å². The van der Waals surface area contributed by atoms with Crippen LogP contribution >= 0.6 is 0 Å². The van der Waals surface area contributed by atoms with Gasteiger partial charge < -0.3 is 5.11 Å². The minimum absolute atomic E-state index is 0.400. The number of hydrogen-bond acceptors (Lipinski definition) is 2. The Morgan fingerprint density at radius 1 is 1.11 bits per heavy atom. The number of hydrogen-bond donors (Lipinski definition) is 1. The van der Waals surface area contributed by atoms with E-state index in [2.05, 4.69) is 0 Å². The highest BCUT2D eigenvalue weighted by molar-refractivity contribution is 5.88. The number of carboxylic acid groups (broad SMARTS) is 1. The van der Waals surface area contributed by atoms with Crippen molar-refractivity contribution in [2.24, 2.45) is 0 Å². The number of rotatable bonds is 1. The maximum atomic E-state index is 13.3. The van der Waals surface area contributed by atoms with Crippen molar-refractivity contribution in [3.8, 4) is 17.9 Å². The first-order chi connectivity index (χ1) is 8.41. The Hall–Kier alpha value is -2.54. The number of aromatic carboxylic acids is 1. The highest BCUT2D eigenvalue weighted by Crippen LogP contribution is 2.23. The average Bonchev–Trinajstić information content (AvgIpc) is 2.31. The average molecular weight is 257 g/mol. The van der Waals surface area contributed by atoms with Gasteiger partial charge in [0.2, 0.25) is 0 Å². The number of carbonyl (C=O) groups is 1. The van der Waals surface area contributed by atoms with Crippen molar-refractivity contribution < 1.29 is 27.5 Å². The number of carboxylic acids is 1. The molecule has 92 valence electrons. The van der Waals surface area contributed by atoms with E-state index in [-0.39, 0.29) is 0 Å². The molecular formula is C11H3F4NO2. The lowest BCUT2D eigenvalue weighted by Gasteiger charge is -2.05. The molecule has 1 N–H and O–H groups in total. The van der Waals surface area contributed by atoms with E-state index in [0.717, 1.165) is 0 Å². The molecule has 0 fully saturated rings. The zero-order valence-corrected chi connectivity index (χ0v) is 8.52. The molecule has 0 aromatic heterocycles. The molecule has 0 aliphatic carbocycles. The zero-order chi connectivity index (χ0) is 13.9. The maximum absolute atomic E-state index is 13.3. The van der Waals surface area contributed by atoms with Crippen LogP contribution in [0.1, 0.15) is 22.3 Å². The Morgan fingerprint density at radius 2 is 1.61 bits per heavy atom. The van der Waals surface area contributed by atoms with Gasteiger partial charge in [-0.1, -0.05) is 11.8 Å². The molecule has 1 aromatic carbocycles. The first kappa shape index (κ1) is 13.5. The van der Waals surface area contributed by atoms with Crippen molar-refractivity contribution >= 4 is 5.97 Å². The molecule has 0 amide bonds. The molecule has 3 nitrogen and oxygen atoms in total. The summed E-state index contributed by atoms with van der Waals surface area (Å²) in [5.74, 6) is -6.33. The van der Waals surface area contributed by atoms with E-state index in [1.807, 2.05) is 5.92 Å². The third-order valence-corrected chi connectivity index (χ3v) is 1.86. The van der Waals surface area contributed by atoms with Crippen molar-refractivity contribution in [3.05, 3.63) is 34.4 Å². The third kappa shape index (κ3) is 2.25. The third-order valence-electron chi connectivity index (χ3n) is 1.86. The van der Waals surface area contributed by atoms with Crippen molar-refractivity contribution in [2.75, 3.05) is 0 Å². The second kappa shape index (κ2) is 5.19. The molecule has 1 rings (SSSR count). The Labute approximate surface area is 98.3 Å². The van der Waals surface area contributed by atoms with E-state index in [9.17, 15) is 22.4 Å². The minimum atomic E-state index is -2.14. The fraction of sp³-hybridized carbons (Fsp3) is 0.0909. The van der Waals surface area contributed by atoms with Crippen molar-refractivity contribution in [2.45, 2.75) is 6.42 Å². The van der Waals surface area contributed by atoms with E-state index in [0.29, 0.717) is 0 Å². The zero-order valence-electron chi connectivity index (χ0n) is 8.52. The number of benzene rings is 1. The lowest BCUT2D eigenvalue weighted by atomic mass is 10.1. The van der Waals surface area contributed by atoms with E-state index in [4.69, 9.17) is 10.4 Å². The van der Waals surface area contributed by atoms with Crippen LogP contribution in [-0.2, 0) is 0 Å². The van der Waals surface area contributed by atoms with Crippen LogP contribution in [-0.4, -0.2) is 11.1 Å². The van der Waals surface area contributed by atoms with E-state index in [1.54, 1.807) is 5.92 Å². The number of nitriles is 1. The summed E-state index contributed by atoms with van der Waals surface area (Å²) in [5, 5.41) is 16.6. The van der Waals surface area contributed by atoms with Crippen LogP contribution in [0.4, 0.5) is 17.6 Å². The summed E-state index contributed by atoms with van der Waals surface area (Å²) >= 11 is 0. The van der Waals surface area contributed by atoms with Crippen LogP contribution < -0.4 is 0 Å². The number of halogens is 4. The smallest absolute Gasteiger partial charge is 0.341 e. The SMILES string of the molecule is N#CCC#Cc1c(F)c(F)c(C(=O)O)c(F)c1F. The van der Waals surface area contributed by atoms with Gasteiger partial charge in [-0.05, 0) is 0 Å². The molecular weight excluding hydrogens is 254 g/mol. The number of nitrogens with zero attached hydrogens (tertiary/aromatic N) is 1. The molecule has 0 atom stereocenters. The molecule has 0 bridgehead atoms. The summed E-state index contributed by atoms with van der Waals surface area (Å²) < 4.78 is 52.9. The summed E-state index contributed by atoms with van der Waals surface area (Å²) in [4.78, 5) is 10.4. The normalized spacial score (nSPS) is 9.28. The van der Waals surface area contributed by atoms with Crippen LogP contribution in [0, 0.1) is 46.4 Å². The lowest BCUT2D eigenvalue weighted by Crippen LogP contribution is -2.11. The van der Waals surface area contributed by atoms with Gasteiger partial charge in [0.25, 0.3) is 0 Å². The largest absolute Gasteiger partial charge is 0.477 e. The summed E-state index contributed by atoms with van der Waals surface area (Å²) in [6.07, 6.45) is -0.400. The van der Waals surface area contributed by atoms with Gasteiger partial charge in [0.05, 0.1) is 12.5 Å². The highest BCUT2D eigenvalue weighted by Gasteiger charge is 2.28. The van der Waals surface area contributed by atoms with E-state index >= 15 is 0 Å². The van der Waals surface area contributed by atoms with Gasteiger partial charge in [-0.2, -0.15) is 5.26 Å². The van der Waals surface area contributed by atoms with Gasteiger partial charge >= 0.3 is 5.97 Å². The molecule has 0 heterocycles. The lowest BCUT2D eigenvalue weighted by molar-refractivity contribution is 0.0683. The van der Waals surface area contributed by atoms with Crippen LogP contribution in [0.3, 0.4) is 0 Å². The van der Waals surface area contributed by atoms with Gasteiger partial charge in [-0.3, -0.25) is 0 Å². The van der Waals surface area contributed by atoms with Gasteiger partial charge in [-0.25, -0.2) is 22.4 Å². The summed E-state index contributed by atoms with van der Waals surface area (Å²) in [6.45, 7) is 0. The predicted molar refractivity (Wildman–Crippen MR) is 50.3 cm³/mol. The Bertz CT molecular complexity index is 594. The van der Waals surface area contributed by atoms with Gasteiger partial charge in [0.1, 0.15) is 11.1 Å². The standard InChI is InChI=1S/C11H3F4NO2/c12-7-5(3-1-2-4-16)8(13)10(15)6(9(7)14)11(17)18/h2H2,(H,17,18). The summed E-state index contributed by atoms with van der Waals surface area (Å²) in [5.41, 5.74) is -2.97. The van der Waals surface area contributed by atoms with Crippen molar-refractivity contribution in [1.29, 1.82) is 5.26 Å². The molecule has 0 aliphatic rings. The maximum Gasteiger partial charge on any atom is 0.341 e. The first-order valence-electron chi connectivity index (χ1n) is 4.36. The Morgan fingerprint density at radius 3 is 2.00 bits per heavy atom. The topological polar surface area (TPSA) is 61.1 Å². The Balaban J connectivity index is 3.56. The Kier molecular flexibility index (Phi) is 3.90. The minimum Gasteiger partial charge on any atom is -0.477 e. The van der Waals surface area contributed by atoms with Crippen molar-refractivity contribution in [1.82, 2.24) is 0 Å². The van der Waals surface area contributed by atoms with Crippen LogP contribution in [0.25, 0.3) is 0 Å². The van der Waals surface area contributed by atoms with Crippen LogP contribution in [0.15, 0.2) is 0 Å². The van der Waals surface area contributed by atoms with Gasteiger partial charge in [-0.15, -0.1) is 0 Å². The summed E-state index contributed by atoms with van der Waals surface area (Å²) in [6, 6.07) is 1.54. The molecule has 0 saturated carbocycles.